The molecule has 0 spiro atoms. The van der Waals surface area contributed by atoms with Gasteiger partial charge in [-0.3, -0.25) is 4.72 Å². The van der Waals surface area contributed by atoms with Crippen molar-refractivity contribution >= 4 is 21.9 Å². The van der Waals surface area contributed by atoms with Gasteiger partial charge in [0.05, 0.1) is 5.69 Å². The quantitative estimate of drug-likeness (QED) is 0.730. The van der Waals surface area contributed by atoms with Crippen LogP contribution in [-0.2, 0) is 10.2 Å². The van der Waals surface area contributed by atoms with Gasteiger partial charge in [0.1, 0.15) is 11.3 Å². The average molecular weight is 314 g/mol. The van der Waals surface area contributed by atoms with Gasteiger partial charge >= 0.3 is 16.2 Å². The Kier molecular flexibility index (Phi) is 4.38. The van der Waals surface area contributed by atoms with E-state index < -0.39 is 21.9 Å². The zero-order valence-electron chi connectivity index (χ0n) is 11.6. The summed E-state index contributed by atoms with van der Waals surface area (Å²) in [5.74, 6) is -1.43. The lowest BCUT2D eigenvalue weighted by molar-refractivity contribution is 0.0693. The second-order valence-electron chi connectivity index (χ2n) is 5.25. The van der Waals surface area contributed by atoms with Crippen molar-refractivity contribution < 1.29 is 23.4 Å². The third kappa shape index (κ3) is 3.64. The number of carboxylic acid groups (broad SMARTS) is 1. The summed E-state index contributed by atoms with van der Waals surface area (Å²) in [4.78, 5) is 10.9. The third-order valence-electron chi connectivity index (χ3n) is 3.43. The van der Waals surface area contributed by atoms with Crippen LogP contribution in [0.3, 0.4) is 0 Å². The van der Waals surface area contributed by atoms with Crippen molar-refractivity contribution in [2.45, 2.75) is 19.8 Å². The van der Waals surface area contributed by atoms with Crippen LogP contribution >= 0.6 is 0 Å². The van der Waals surface area contributed by atoms with E-state index in [9.17, 15) is 18.3 Å². The molecular formula is C13H18N2O5S. The minimum absolute atomic E-state index is 0.114. The molecule has 1 aliphatic rings. The smallest absolute Gasteiger partial charge is 0.339 e. The first-order valence-corrected chi connectivity index (χ1v) is 8.08. The lowest BCUT2D eigenvalue weighted by Crippen LogP contribution is -2.42. The van der Waals surface area contributed by atoms with E-state index in [1.54, 1.807) is 0 Å². The van der Waals surface area contributed by atoms with Crippen LogP contribution in [0.25, 0.3) is 0 Å². The lowest BCUT2D eigenvalue weighted by Gasteiger charge is -2.30. The van der Waals surface area contributed by atoms with E-state index in [4.69, 9.17) is 5.11 Å². The highest BCUT2D eigenvalue weighted by molar-refractivity contribution is 7.90. The number of nitrogens with one attached hydrogen (secondary N) is 1. The Bertz CT molecular complexity index is 644. The molecule has 0 aromatic heterocycles. The monoisotopic (exact) mass is 314 g/mol. The molecule has 1 aliphatic heterocycles. The van der Waals surface area contributed by atoms with E-state index in [0.717, 1.165) is 25.0 Å². The number of aromatic carboxylic acids is 1. The normalized spacial score (nSPS) is 20.1. The molecule has 0 radical (unpaired) electrons. The largest absolute Gasteiger partial charge is 0.507 e. The highest BCUT2D eigenvalue weighted by atomic mass is 32.2. The van der Waals surface area contributed by atoms with E-state index in [1.165, 1.54) is 10.4 Å². The van der Waals surface area contributed by atoms with E-state index in [1.807, 2.05) is 6.92 Å². The zero-order valence-corrected chi connectivity index (χ0v) is 12.4. The second-order valence-corrected chi connectivity index (χ2v) is 6.92. The molecule has 0 amide bonds. The van der Waals surface area contributed by atoms with Crippen LogP contribution < -0.4 is 4.72 Å². The average Bonchev–Trinajstić information content (AvgIpc) is 2.40. The number of benzene rings is 1. The Hall–Kier alpha value is -1.80. The van der Waals surface area contributed by atoms with Gasteiger partial charge in [0.2, 0.25) is 0 Å². The van der Waals surface area contributed by atoms with Crippen molar-refractivity contribution in [3.8, 4) is 5.75 Å². The first kappa shape index (κ1) is 15.6. The van der Waals surface area contributed by atoms with Crippen molar-refractivity contribution in [2.75, 3.05) is 17.8 Å². The number of carbonyl (C=O) groups is 1. The number of nitrogens with zero attached hydrogens (tertiary/aromatic N) is 1. The van der Waals surface area contributed by atoms with Crippen LogP contribution in [0.5, 0.6) is 5.75 Å². The lowest BCUT2D eigenvalue weighted by atomic mass is 10.0. The number of carboxylic acids is 1. The maximum Gasteiger partial charge on any atom is 0.339 e. The first-order valence-electron chi connectivity index (χ1n) is 6.64. The van der Waals surface area contributed by atoms with Crippen LogP contribution in [0, 0.1) is 5.92 Å². The van der Waals surface area contributed by atoms with Gasteiger partial charge < -0.3 is 10.2 Å². The fourth-order valence-electron chi connectivity index (χ4n) is 2.35. The molecule has 21 heavy (non-hydrogen) atoms. The van der Waals surface area contributed by atoms with E-state index in [-0.39, 0.29) is 11.3 Å². The fourth-order valence-corrected chi connectivity index (χ4v) is 3.72. The second kappa shape index (κ2) is 5.90. The van der Waals surface area contributed by atoms with Gasteiger partial charge in [-0.25, -0.2) is 4.79 Å². The van der Waals surface area contributed by atoms with Crippen molar-refractivity contribution in [3.63, 3.8) is 0 Å². The summed E-state index contributed by atoms with van der Waals surface area (Å²) in [6, 6.07) is 3.58. The molecule has 116 valence electrons. The summed E-state index contributed by atoms with van der Waals surface area (Å²) in [6.45, 7) is 2.88. The van der Waals surface area contributed by atoms with E-state index in [0.29, 0.717) is 19.0 Å². The molecule has 1 aromatic carbocycles. The molecule has 7 nitrogen and oxygen atoms in total. The number of rotatable bonds is 4. The Balaban J connectivity index is 2.20. The predicted octanol–water partition coefficient (Wildman–Crippen LogP) is 1.48. The molecule has 0 aliphatic carbocycles. The summed E-state index contributed by atoms with van der Waals surface area (Å²) in [5, 5.41) is 18.3. The summed E-state index contributed by atoms with van der Waals surface area (Å²) in [5.41, 5.74) is -0.231. The number of aromatic hydroxyl groups is 1. The molecule has 0 bridgehead atoms. The molecule has 1 fully saturated rings. The number of hydrogen-bond donors (Lipinski definition) is 3. The van der Waals surface area contributed by atoms with Crippen LogP contribution in [0.4, 0.5) is 5.69 Å². The first-order chi connectivity index (χ1) is 9.79. The summed E-state index contributed by atoms with van der Waals surface area (Å²) in [7, 11) is -3.72. The van der Waals surface area contributed by atoms with Crippen molar-refractivity contribution in [1.29, 1.82) is 0 Å². The zero-order chi connectivity index (χ0) is 15.6. The van der Waals surface area contributed by atoms with Gasteiger partial charge in [-0.05, 0) is 37.0 Å². The van der Waals surface area contributed by atoms with Gasteiger partial charge in [0.15, 0.2) is 0 Å². The number of piperidine rings is 1. The summed E-state index contributed by atoms with van der Waals surface area (Å²) >= 11 is 0. The van der Waals surface area contributed by atoms with Gasteiger partial charge in [0, 0.05) is 13.1 Å². The van der Waals surface area contributed by atoms with Crippen LogP contribution in [0.2, 0.25) is 0 Å². The standard InChI is InChI=1S/C13H18N2O5S/c1-9-3-2-6-15(8-9)21(19,20)14-10-4-5-12(16)11(7-10)13(17)18/h4-5,7,9,14,16H,2-3,6,8H2,1H3,(H,17,18). The maximum absolute atomic E-state index is 12.3. The molecule has 1 unspecified atom stereocenters. The van der Waals surface area contributed by atoms with Gasteiger partial charge in [-0.1, -0.05) is 6.92 Å². The highest BCUT2D eigenvalue weighted by Gasteiger charge is 2.27. The Morgan fingerprint density at radius 1 is 1.43 bits per heavy atom. The predicted molar refractivity (Wildman–Crippen MR) is 77.6 cm³/mol. The Labute approximate surface area is 123 Å². The van der Waals surface area contributed by atoms with E-state index in [2.05, 4.69) is 4.72 Å². The van der Waals surface area contributed by atoms with Gasteiger partial charge in [-0.2, -0.15) is 12.7 Å². The van der Waals surface area contributed by atoms with Gasteiger partial charge in [-0.15, -0.1) is 0 Å². The van der Waals surface area contributed by atoms with Crippen LogP contribution in [-0.4, -0.2) is 42.0 Å². The van der Waals surface area contributed by atoms with Crippen LogP contribution in [0.15, 0.2) is 18.2 Å². The molecule has 1 heterocycles. The highest BCUT2D eigenvalue weighted by Crippen LogP contribution is 2.24. The fraction of sp³-hybridized carbons (Fsp3) is 0.462. The molecule has 1 atom stereocenters. The molecule has 1 saturated heterocycles. The van der Waals surface area contributed by atoms with Crippen molar-refractivity contribution in [1.82, 2.24) is 4.31 Å². The number of anilines is 1. The summed E-state index contributed by atoms with van der Waals surface area (Å²) < 4.78 is 28.3. The summed E-state index contributed by atoms with van der Waals surface area (Å²) in [6.07, 6.45) is 1.80. The molecule has 1 aromatic rings. The SMILES string of the molecule is CC1CCCN(S(=O)(=O)Nc2ccc(O)c(C(=O)O)c2)C1. The van der Waals surface area contributed by atoms with Crippen molar-refractivity contribution in [2.24, 2.45) is 5.92 Å². The Morgan fingerprint density at radius 2 is 2.14 bits per heavy atom. The third-order valence-corrected chi connectivity index (χ3v) is 4.94. The molecule has 2 rings (SSSR count). The minimum atomic E-state index is -3.72. The van der Waals surface area contributed by atoms with E-state index >= 15 is 0 Å². The number of hydrogen-bond acceptors (Lipinski definition) is 4. The minimum Gasteiger partial charge on any atom is -0.507 e. The Morgan fingerprint density at radius 3 is 2.76 bits per heavy atom. The topological polar surface area (TPSA) is 107 Å². The maximum atomic E-state index is 12.3. The molecule has 0 saturated carbocycles. The molecular weight excluding hydrogens is 296 g/mol. The molecule has 8 heteroatoms. The van der Waals surface area contributed by atoms with Crippen LogP contribution in [0.1, 0.15) is 30.1 Å². The molecule has 3 N–H and O–H groups in total. The van der Waals surface area contributed by atoms with Gasteiger partial charge in [0.25, 0.3) is 0 Å². The number of phenols is 1. The van der Waals surface area contributed by atoms with Crippen molar-refractivity contribution in [3.05, 3.63) is 23.8 Å².